The average Bonchev–Trinajstić information content (AvgIpc) is 3.36. The number of benzene rings is 2. The minimum absolute atomic E-state index is 0.548. The van der Waals surface area contributed by atoms with Gasteiger partial charge in [0, 0.05) is 22.3 Å². The van der Waals surface area contributed by atoms with Gasteiger partial charge in [0.1, 0.15) is 10.8 Å². The second kappa shape index (κ2) is 7.94. The van der Waals surface area contributed by atoms with Crippen LogP contribution in [-0.2, 0) is 5.75 Å². The van der Waals surface area contributed by atoms with E-state index >= 15 is 0 Å². The fraction of sp³-hybridized carbons (Fsp3) is 0.150. The van der Waals surface area contributed by atoms with Gasteiger partial charge in [-0.25, -0.2) is 4.98 Å². The first kappa shape index (κ1) is 17.8. The number of aryl methyl sites for hydroxylation is 1. The summed E-state index contributed by atoms with van der Waals surface area (Å²) in [5, 5.41) is 11.9. The molecule has 0 fully saturated rings. The van der Waals surface area contributed by atoms with Crippen LogP contribution in [0.5, 0.6) is 5.75 Å². The number of hydrogen-bond donors (Lipinski definition) is 0. The van der Waals surface area contributed by atoms with Gasteiger partial charge in [0.05, 0.1) is 12.8 Å². The molecular formula is C20H17N3O2S2. The van der Waals surface area contributed by atoms with E-state index in [0.717, 1.165) is 33.1 Å². The highest BCUT2D eigenvalue weighted by Gasteiger charge is 2.12. The molecule has 0 unspecified atom stereocenters. The molecule has 27 heavy (non-hydrogen) atoms. The number of nitrogens with zero attached hydrogens (tertiary/aromatic N) is 3. The van der Waals surface area contributed by atoms with Gasteiger partial charge in [0.2, 0.25) is 5.89 Å². The van der Waals surface area contributed by atoms with Crippen molar-refractivity contribution >= 4 is 23.1 Å². The van der Waals surface area contributed by atoms with Crippen molar-refractivity contribution in [3.05, 3.63) is 65.2 Å². The van der Waals surface area contributed by atoms with Crippen molar-refractivity contribution < 1.29 is 9.15 Å². The van der Waals surface area contributed by atoms with E-state index in [1.54, 1.807) is 18.4 Å². The highest BCUT2D eigenvalue weighted by atomic mass is 32.2. The Morgan fingerprint density at radius 3 is 2.67 bits per heavy atom. The van der Waals surface area contributed by atoms with Gasteiger partial charge >= 0.3 is 0 Å². The van der Waals surface area contributed by atoms with Crippen molar-refractivity contribution in [2.24, 2.45) is 0 Å². The standard InChI is InChI=1S/C20H17N3O2S2/c1-13-5-3-4-6-17(13)18-22-23-20(25-18)27-12-15-11-26-19(21-15)14-7-9-16(24-2)10-8-14/h3-11H,12H2,1-2H3. The van der Waals surface area contributed by atoms with Crippen molar-refractivity contribution in [1.82, 2.24) is 15.2 Å². The molecule has 2 aromatic carbocycles. The summed E-state index contributed by atoms with van der Waals surface area (Å²) in [5.41, 5.74) is 4.15. The van der Waals surface area contributed by atoms with E-state index in [-0.39, 0.29) is 0 Å². The summed E-state index contributed by atoms with van der Waals surface area (Å²) in [6.07, 6.45) is 0. The lowest BCUT2D eigenvalue weighted by Crippen LogP contribution is -1.84. The van der Waals surface area contributed by atoms with E-state index in [9.17, 15) is 0 Å². The van der Waals surface area contributed by atoms with Gasteiger partial charge in [0.25, 0.3) is 5.22 Å². The summed E-state index contributed by atoms with van der Waals surface area (Å²) < 4.78 is 11.0. The number of hydrogen-bond acceptors (Lipinski definition) is 7. The van der Waals surface area contributed by atoms with Gasteiger partial charge in [-0.1, -0.05) is 30.0 Å². The van der Waals surface area contributed by atoms with E-state index in [2.05, 4.69) is 15.6 Å². The Kier molecular flexibility index (Phi) is 5.22. The monoisotopic (exact) mass is 395 g/mol. The van der Waals surface area contributed by atoms with E-state index in [4.69, 9.17) is 14.1 Å². The van der Waals surface area contributed by atoms with E-state index < -0.39 is 0 Å². The Morgan fingerprint density at radius 1 is 1.07 bits per heavy atom. The summed E-state index contributed by atoms with van der Waals surface area (Å²) in [6, 6.07) is 15.9. The zero-order valence-electron chi connectivity index (χ0n) is 14.9. The van der Waals surface area contributed by atoms with Crippen LogP contribution in [-0.4, -0.2) is 22.3 Å². The van der Waals surface area contributed by atoms with Crippen molar-refractivity contribution in [2.45, 2.75) is 17.9 Å². The lowest BCUT2D eigenvalue weighted by molar-refractivity contribution is 0.415. The summed E-state index contributed by atoms with van der Waals surface area (Å²) in [6.45, 7) is 2.03. The first-order valence-electron chi connectivity index (χ1n) is 8.34. The summed E-state index contributed by atoms with van der Waals surface area (Å²) in [4.78, 5) is 4.70. The molecule has 7 heteroatoms. The van der Waals surface area contributed by atoms with Crippen LogP contribution in [0, 0.1) is 6.92 Å². The lowest BCUT2D eigenvalue weighted by atomic mass is 10.1. The highest BCUT2D eigenvalue weighted by Crippen LogP contribution is 2.30. The van der Waals surface area contributed by atoms with Crippen molar-refractivity contribution in [3.63, 3.8) is 0 Å². The minimum atomic E-state index is 0.548. The molecule has 0 N–H and O–H groups in total. The predicted molar refractivity (Wildman–Crippen MR) is 108 cm³/mol. The average molecular weight is 396 g/mol. The normalized spacial score (nSPS) is 10.9. The fourth-order valence-electron chi connectivity index (χ4n) is 2.56. The maximum Gasteiger partial charge on any atom is 0.277 e. The summed E-state index contributed by atoms with van der Waals surface area (Å²) in [5.74, 6) is 2.07. The van der Waals surface area contributed by atoms with Crippen LogP contribution < -0.4 is 4.74 Å². The van der Waals surface area contributed by atoms with Crippen LogP contribution in [0.15, 0.2) is 63.6 Å². The number of ether oxygens (including phenoxy) is 1. The van der Waals surface area contributed by atoms with Crippen LogP contribution in [0.2, 0.25) is 0 Å². The Morgan fingerprint density at radius 2 is 1.89 bits per heavy atom. The molecule has 0 saturated carbocycles. The molecule has 0 radical (unpaired) electrons. The van der Waals surface area contributed by atoms with Crippen molar-refractivity contribution in [3.8, 4) is 27.8 Å². The van der Waals surface area contributed by atoms with Crippen LogP contribution in [0.3, 0.4) is 0 Å². The molecular weight excluding hydrogens is 378 g/mol. The van der Waals surface area contributed by atoms with Crippen LogP contribution in [0.1, 0.15) is 11.3 Å². The molecule has 0 saturated heterocycles. The molecule has 4 aromatic rings. The molecule has 2 aromatic heterocycles. The molecule has 0 aliphatic heterocycles. The van der Waals surface area contributed by atoms with Gasteiger partial charge in [-0.05, 0) is 42.8 Å². The largest absolute Gasteiger partial charge is 0.497 e. The Bertz CT molecular complexity index is 1040. The molecule has 0 atom stereocenters. The smallest absolute Gasteiger partial charge is 0.277 e. The van der Waals surface area contributed by atoms with Gasteiger partial charge in [0.15, 0.2) is 0 Å². The Labute approximate surface area is 165 Å². The Hall–Kier alpha value is -2.64. The molecule has 0 aliphatic rings. The zero-order valence-corrected chi connectivity index (χ0v) is 16.5. The summed E-state index contributed by atoms with van der Waals surface area (Å²) >= 11 is 3.12. The van der Waals surface area contributed by atoms with Crippen molar-refractivity contribution in [2.75, 3.05) is 7.11 Å². The molecule has 0 spiro atoms. The van der Waals surface area contributed by atoms with Crippen LogP contribution >= 0.6 is 23.1 Å². The number of aromatic nitrogens is 3. The number of rotatable bonds is 6. The summed E-state index contributed by atoms with van der Waals surface area (Å²) in [7, 11) is 1.66. The zero-order chi connectivity index (χ0) is 18.6. The third-order valence-corrected chi connectivity index (χ3v) is 5.81. The lowest BCUT2D eigenvalue weighted by Gasteiger charge is -2.00. The highest BCUT2D eigenvalue weighted by molar-refractivity contribution is 7.98. The van der Waals surface area contributed by atoms with Gasteiger partial charge < -0.3 is 9.15 Å². The minimum Gasteiger partial charge on any atom is -0.497 e. The van der Waals surface area contributed by atoms with Gasteiger partial charge in [-0.15, -0.1) is 21.5 Å². The van der Waals surface area contributed by atoms with Gasteiger partial charge in [-0.2, -0.15) is 0 Å². The van der Waals surface area contributed by atoms with Crippen molar-refractivity contribution in [1.29, 1.82) is 0 Å². The molecule has 5 nitrogen and oxygen atoms in total. The van der Waals surface area contributed by atoms with E-state index in [1.807, 2.05) is 55.5 Å². The van der Waals surface area contributed by atoms with E-state index in [1.165, 1.54) is 11.8 Å². The quantitative estimate of drug-likeness (QED) is 0.404. The number of methoxy groups -OCH3 is 1. The third-order valence-electron chi connectivity index (χ3n) is 4.01. The molecule has 4 rings (SSSR count). The topological polar surface area (TPSA) is 61.0 Å². The van der Waals surface area contributed by atoms with Crippen LogP contribution in [0.25, 0.3) is 22.0 Å². The fourth-order valence-corrected chi connectivity index (χ4v) is 4.15. The molecule has 0 amide bonds. The molecule has 0 bridgehead atoms. The first-order chi connectivity index (χ1) is 13.2. The molecule has 136 valence electrons. The van der Waals surface area contributed by atoms with Crippen LogP contribution in [0.4, 0.5) is 0 Å². The second-order valence-corrected chi connectivity index (χ2v) is 7.63. The maximum atomic E-state index is 5.79. The predicted octanol–water partition coefficient (Wildman–Crippen LogP) is 5.47. The maximum absolute atomic E-state index is 5.79. The number of thioether (sulfide) groups is 1. The molecule has 2 heterocycles. The second-order valence-electron chi connectivity index (χ2n) is 5.85. The Balaban J connectivity index is 1.42. The SMILES string of the molecule is COc1ccc(-c2nc(CSc3nnc(-c4ccccc4C)o3)cs2)cc1. The third kappa shape index (κ3) is 4.04. The number of thiazole rings is 1. The van der Waals surface area contributed by atoms with Gasteiger partial charge in [-0.3, -0.25) is 0 Å². The molecule has 0 aliphatic carbocycles. The van der Waals surface area contributed by atoms with E-state index in [0.29, 0.717) is 16.9 Å². The first-order valence-corrected chi connectivity index (χ1v) is 10.2.